The quantitative estimate of drug-likeness (QED) is 0.564. The van der Waals surface area contributed by atoms with Crippen molar-refractivity contribution < 1.29 is 18.0 Å². The van der Waals surface area contributed by atoms with E-state index in [1.165, 1.54) is 18.5 Å². The first-order valence-electron chi connectivity index (χ1n) is 9.48. The highest BCUT2D eigenvalue weighted by molar-refractivity contribution is 6.32. The van der Waals surface area contributed by atoms with Crippen molar-refractivity contribution in [1.29, 1.82) is 0 Å². The highest BCUT2D eigenvalue weighted by Gasteiger charge is 2.30. The first-order valence-corrected chi connectivity index (χ1v) is 9.86. The Morgan fingerprint density at radius 2 is 1.74 bits per heavy atom. The summed E-state index contributed by atoms with van der Waals surface area (Å²) in [6.07, 6.45) is -1.39. The summed E-state index contributed by atoms with van der Waals surface area (Å²) < 4.78 is 39.1. The van der Waals surface area contributed by atoms with Crippen molar-refractivity contribution in [1.82, 2.24) is 19.9 Å². The SMILES string of the molecule is O=C(c1cccnc1Cl)N1CCN(c2nccc(-c3cccc(C(F)(F)F)c3)n2)CC1. The summed E-state index contributed by atoms with van der Waals surface area (Å²) in [5.74, 6) is 0.206. The van der Waals surface area contributed by atoms with Gasteiger partial charge in [0.25, 0.3) is 5.91 Å². The second kappa shape index (κ2) is 8.50. The van der Waals surface area contributed by atoms with E-state index in [9.17, 15) is 18.0 Å². The normalized spacial score (nSPS) is 14.6. The van der Waals surface area contributed by atoms with Crippen LogP contribution in [0.3, 0.4) is 0 Å². The average molecular weight is 448 g/mol. The van der Waals surface area contributed by atoms with Gasteiger partial charge in [0.1, 0.15) is 5.15 Å². The predicted octanol–water partition coefficient (Wildman–Crippen LogP) is 4.17. The lowest BCUT2D eigenvalue weighted by atomic mass is 10.1. The molecule has 160 valence electrons. The van der Waals surface area contributed by atoms with Gasteiger partial charge in [-0.1, -0.05) is 23.7 Å². The summed E-state index contributed by atoms with van der Waals surface area (Å²) in [7, 11) is 0. The second-order valence-electron chi connectivity index (χ2n) is 6.94. The number of hydrogen-bond donors (Lipinski definition) is 0. The minimum absolute atomic E-state index is 0.159. The molecule has 31 heavy (non-hydrogen) atoms. The number of benzene rings is 1. The standard InChI is InChI=1S/C21H17ClF3N5O/c22-18-16(5-2-7-26-18)19(31)29-9-11-30(12-10-29)20-27-8-6-17(28-20)14-3-1-4-15(13-14)21(23,24)25/h1-8,13H,9-12H2. The number of piperazine rings is 1. The maximum Gasteiger partial charge on any atom is 0.416 e. The van der Waals surface area contributed by atoms with Crippen LogP contribution < -0.4 is 4.90 Å². The van der Waals surface area contributed by atoms with Gasteiger partial charge in [-0.15, -0.1) is 0 Å². The lowest BCUT2D eigenvalue weighted by molar-refractivity contribution is -0.137. The van der Waals surface area contributed by atoms with E-state index in [1.807, 2.05) is 4.90 Å². The van der Waals surface area contributed by atoms with Crippen LogP contribution in [0.4, 0.5) is 19.1 Å². The molecule has 0 saturated carbocycles. The van der Waals surface area contributed by atoms with Gasteiger partial charge in [-0.2, -0.15) is 13.2 Å². The summed E-state index contributed by atoms with van der Waals surface area (Å²) in [6, 6.07) is 9.89. The van der Waals surface area contributed by atoms with E-state index in [1.54, 1.807) is 29.2 Å². The van der Waals surface area contributed by atoms with Crippen LogP contribution in [-0.2, 0) is 6.18 Å². The number of nitrogens with zero attached hydrogens (tertiary/aromatic N) is 5. The van der Waals surface area contributed by atoms with Gasteiger partial charge in [-0.05, 0) is 30.3 Å². The van der Waals surface area contributed by atoms with Gasteiger partial charge >= 0.3 is 6.18 Å². The molecule has 3 heterocycles. The molecule has 3 aromatic rings. The van der Waals surface area contributed by atoms with Gasteiger partial charge in [-0.25, -0.2) is 15.0 Å². The molecule has 0 atom stereocenters. The summed E-state index contributed by atoms with van der Waals surface area (Å²) in [5.41, 5.74) is 0.377. The smallest absolute Gasteiger partial charge is 0.337 e. The number of halogens is 4. The lowest BCUT2D eigenvalue weighted by Gasteiger charge is -2.34. The van der Waals surface area contributed by atoms with Crippen molar-refractivity contribution in [2.75, 3.05) is 31.1 Å². The second-order valence-corrected chi connectivity index (χ2v) is 7.30. The fraction of sp³-hybridized carbons (Fsp3) is 0.238. The molecule has 0 N–H and O–H groups in total. The molecule has 1 aliphatic rings. The Morgan fingerprint density at radius 1 is 0.968 bits per heavy atom. The van der Waals surface area contributed by atoms with Crippen molar-refractivity contribution in [3.8, 4) is 11.3 Å². The van der Waals surface area contributed by atoms with Gasteiger partial charge in [0.05, 0.1) is 16.8 Å². The van der Waals surface area contributed by atoms with E-state index in [2.05, 4.69) is 15.0 Å². The van der Waals surface area contributed by atoms with Crippen molar-refractivity contribution >= 4 is 23.5 Å². The van der Waals surface area contributed by atoms with Crippen LogP contribution in [0.15, 0.2) is 54.9 Å². The molecule has 1 aliphatic heterocycles. The number of pyridine rings is 1. The van der Waals surface area contributed by atoms with Gasteiger partial charge in [0.2, 0.25) is 5.95 Å². The fourth-order valence-corrected chi connectivity index (χ4v) is 3.54. The van der Waals surface area contributed by atoms with Crippen LogP contribution in [0.1, 0.15) is 15.9 Å². The van der Waals surface area contributed by atoms with Crippen LogP contribution >= 0.6 is 11.6 Å². The molecule has 0 bridgehead atoms. The molecule has 0 aliphatic carbocycles. The van der Waals surface area contributed by atoms with Crippen molar-refractivity contribution in [2.24, 2.45) is 0 Å². The van der Waals surface area contributed by atoms with Crippen LogP contribution in [0.25, 0.3) is 11.3 Å². The minimum atomic E-state index is -4.42. The number of hydrogen-bond acceptors (Lipinski definition) is 5. The summed E-state index contributed by atoms with van der Waals surface area (Å²) in [6.45, 7) is 1.83. The third-order valence-electron chi connectivity index (χ3n) is 4.97. The Kier molecular flexibility index (Phi) is 5.77. The number of alkyl halides is 3. The van der Waals surface area contributed by atoms with Crippen LogP contribution in [0.5, 0.6) is 0 Å². The van der Waals surface area contributed by atoms with Crippen LogP contribution in [0.2, 0.25) is 5.15 Å². The number of aromatic nitrogens is 3. The Hall–Kier alpha value is -3.20. The molecule has 1 saturated heterocycles. The molecule has 1 amide bonds. The van der Waals surface area contributed by atoms with Crippen molar-refractivity contribution in [3.63, 3.8) is 0 Å². The first kappa shape index (κ1) is 21.0. The molecular formula is C21H17ClF3N5O. The molecule has 0 unspecified atom stereocenters. The zero-order valence-electron chi connectivity index (χ0n) is 16.2. The lowest BCUT2D eigenvalue weighted by Crippen LogP contribution is -2.49. The Morgan fingerprint density at radius 3 is 2.45 bits per heavy atom. The van der Waals surface area contributed by atoms with E-state index in [0.717, 1.165) is 12.1 Å². The van der Waals surface area contributed by atoms with E-state index < -0.39 is 11.7 Å². The highest BCUT2D eigenvalue weighted by Crippen LogP contribution is 2.32. The van der Waals surface area contributed by atoms with Gasteiger partial charge in [0, 0.05) is 44.1 Å². The van der Waals surface area contributed by atoms with E-state index >= 15 is 0 Å². The van der Waals surface area contributed by atoms with Gasteiger partial charge in [-0.3, -0.25) is 4.79 Å². The highest BCUT2D eigenvalue weighted by atomic mass is 35.5. The van der Waals surface area contributed by atoms with Gasteiger partial charge in [0.15, 0.2) is 0 Å². The fourth-order valence-electron chi connectivity index (χ4n) is 3.34. The molecule has 1 fully saturated rings. The van der Waals surface area contributed by atoms with Crippen LogP contribution in [-0.4, -0.2) is 51.9 Å². The van der Waals surface area contributed by atoms with Crippen molar-refractivity contribution in [2.45, 2.75) is 6.18 Å². The van der Waals surface area contributed by atoms with E-state index in [-0.39, 0.29) is 11.1 Å². The zero-order chi connectivity index (χ0) is 22.0. The van der Waals surface area contributed by atoms with Crippen molar-refractivity contribution in [3.05, 3.63) is 71.1 Å². The Bertz CT molecular complexity index is 1100. The molecule has 6 nitrogen and oxygen atoms in total. The molecule has 0 radical (unpaired) electrons. The Balaban J connectivity index is 1.48. The molecule has 4 rings (SSSR count). The third-order valence-corrected chi connectivity index (χ3v) is 5.27. The molecule has 2 aromatic heterocycles. The average Bonchev–Trinajstić information content (AvgIpc) is 2.79. The monoisotopic (exact) mass is 447 g/mol. The number of carbonyl (C=O) groups excluding carboxylic acids is 1. The van der Waals surface area contributed by atoms with E-state index in [0.29, 0.717) is 48.9 Å². The molecule has 0 spiro atoms. The zero-order valence-corrected chi connectivity index (χ0v) is 16.9. The third kappa shape index (κ3) is 4.61. The van der Waals surface area contributed by atoms with Gasteiger partial charge < -0.3 is 9.80 Å². The molecular weight excluding hydrogens is 431 g/mol. The summed E-state index contributed by atoms with van der Waals surface area (Å²) in [4.78, 5) is 28.9. The molecule has 10 heteroatoms. The van der Waals surface area contributed by atoms with E-state index in [4.69, 9.17) is 11.6 Å². The van der Waals surface area contributed by atoms with Crippen LogP contribution in [0, 0.1) is 0 Å². The summed E-state index contributed by atoms with van der Waals surface area (Å²) in [5, 5.41) is 0.159. The predicted molar refractivity (Wildman–Crippen MR) is 110 cm³/mol. The maximum absolute atomic E-state index is 13.0. The maximum atomic E-state index is 13.0. The number of amides is 1. The first-order chi connectivity index (χ1) is 14.8. The number of rotatable bonds is 3. The minimum Gasteiger partial charge on any atom is -0.337 e. The Labute approximate surface area is 181 Å². The number of carbonyl (C=O) groups is 1. The summed E-state index contributed by atoms with van der Waals surface area (Å²) >= 11 is 6.02. The topological polar surface area (TPSA) is 62.2 Å². The molecule has 1 aromatic carbocycles. The largest absolute Gasteiger partial charge is 0.416 e. The number of anilines is 1.